The molecule has 7 aromatic rings. The van der Waals surface area contributed by atoms with Crippen molar-refractivity contribution in [2.45, 2.75) is 111 Å². The Morgan fingerprint density at radius 3 is 1.32 bits per heavy atom. The maximum atomic E-state index is 13.6. The van der Waals surface area contributed by atoms with Crippen molar-refractivity contribution in [1.82, 2.24) is 0 Å². The van der Waals surface area contributed by atoms with Crippen LogP contribution in [0.2, 0.25) is 0 Å². The predicted molar refractivity (Wildman–Crippen MR) is 277 cm³/mol. The van der Waals surface area contributed by atoms with Crippen LogP contribution in [0, 0.1) is 0 Å². The molecule has 1 aliphatic rings. The summed E-state index contributed by atoms with van der Waals surface area (Å²) in [5, 5.41) is 3.52. The zero-order chi connectivity index (χ0) is 50.0. The quantitative estimate of drug-likeness (QED) is 0.129. The Bertz CT molecular complexity index is 3080. The highest BCUT2D eigenvalue weighted by Gasteiger charge is 2.36. The van der Waals surface area contributed by atoms with Gasteiger partial charge in [0.25, 0.3) is 0 Å². The molecule has 0 fully saturated rings. The van der Waals surface area contributed by atoms with Gasteiger partial charge < -0.3 is 45.4 Å². The molecule has 0 saturated carbocycles. The summed E-state index contributed by atoms with van der Waals surface area (Å²) in [7, 11) is 1.97. The highest BCUT2D eigenvalue weighted by molar-refractivity contribution is 7.43. The lowest BCUT2D eigenvalue weighted by atomic mass is 9.81. The zero-order valence-electron chi connectivity index (χ0n) is 42.7. The minimum atomic E-state index is -2.34. The molecule has 0 aliphatic carbocycles. The van der Waals surface area contributed by atoms with E-state index in [0.717, 1.165) is 43.8 Å². The van der Waals surface area contributed by atoms with E-state index < -0.39 is 44.5 Å². The highest BCUT2D eigenvalue weighted by atomic mass is 31.2. The fourth-order valence-electron chi connectivity index (χ4n) is 8.55. The Morgan fingerprint density at radius 2 is 0.884 bits per heavy atom. The lowest BCUT2D eigenvalue weighted by Crippen LogP contribution is -2.16. The number of methoxy groups -OCH3 is 4. The van der Waals surface area contributed by atoms with Crippen molar-refractivity contribution < 1.29 is 50.2 Å². The van der Waals surface area contributed by atoms with Gasteiger partial charge in [0.15, 0.2) is 0 Å². The summed E-state index contributed by atoms with van der Waals surface area (Å²) >= 11 is 0. The van der Waals surface area contributed by atoms with Crippen LogP contribution in [-0.4, -0.2) is 34.4 Å². The normalized spacial score (nSPS) is 14.4. The molecule has 0 amide bonds. The van der Waals surface area contributed by atoms with Crippen LogP contribution >= 0.6 is 16.8 Å². The van der Waals surface area contributed by atoms with Crippen molar-refractivity contribution in [2.75, 3.05) is 28.4 Å². The van der Waals surface area contributed by atoms with Crippen LogP contribution in [0.3, 0.4) is 0 Å². The van der Waals surface area contributed by atoms with Gasteiger partial charge in [0, 0.05) is 49.7 Å². The van der Waals surface area contributed by atoms with Crippen LogP contribution in [-0.2, 0) is 37.4 Å². The average molecular weight is 975 g/mol. The molecule has 11 nitrogen and oxygen atoms in total. The molecule has 69 heavy (non-hydrogen) atoms. The molecule has 8 rings (SSSR count). The number of ether oxygens (including phenoxy) is 4. The summed E-state index contributed by atoms with van der Waals surface area (Å²) in [5.41, 5.74) is 4.66. The predicted octanol–water partition coefficient (Wildman–Crippen LogP) is 16.0. The molecule has 2 heterocycles. The van der Waals surface area contributed by atoms with Gasteiger partial charge in [-0.2, -0.15) is 0 Å². The third-order valence-electron chi connectivity index (χ3n) is 12.3. The van der Waals surface area contributed by atoms with Crippen molar-refractivity contribution in [2.24, 2.45) is 0 Å². The molecular formula is C56H64O11P2. The van der Waals surface area contributed by atoms with E-state index in [0.29, 0.717) is 68.1 Å². The highest BCUT2D eigenvalue weighted by Crippen LogP contribution is 2.56. The molecule has 0 saturated heterocycles. The van der Waals surface area contributed by atoms with E-state index in [9.17, 15) is 4.79 Å². The Morgan fingerprint density at radius 1 is 0.478 bits per heavy atom. The number of rotatable bonds is 9. The monoisotopic (exact) mass is 974 g/mol. The Balaban J connectivity index is 1.44. The van der Waals surface area contributed by atoms with Crippen LogP contribution in [0.1, 0.15) is 111 Å². The van der Waals surface area contributed by atoms with Crippen molar-refractivity contribution >= 4 is 55.5 Å². The maximum absolute atomic E-state index is 13.6. The standard InChI is InChI=1S/C56H64O11P2/c1-53(2,3)43-28-35(58-13)24-39(49(43)64-68-62-47-22-33-20-18-17-19-32(33)21-34(47)23-48(57)63-68)40-25-36(59-14)29-44(54(4,5)6)50(40)65-69-66-51-41(26-37(60-15)30-45(51)55(7,8)9)42-27-38(61-16)31-46(52(42)67-69)56(10,11)12/h17-22,24-31H,23H2,1-16H3. The zero-order valence-corrected chi connectivity index (χ0v) is 44.5. The Labute approximate surface area is 407 Å². The average Bonchev–Trinajstić information content (AvgIpc) is 3.53. The molecule has 0 radical (unpaired) electrons. The van der Waals surface area contributed by atoms with Crippen molar-refractivity contribution in [1.29, 1.82) is 0 Å². The Kier molecular flexibility index (Phi) is 13.2. The van der Waals surface area contributed by atoms with Gasteiger partial charge in [0.1, 0.15) is 51.4 Å². The van der Waals surface area contributed by atoms with Gasteiger partial charge >= 0.3 is 22.8 Å². The summed E-state index contributed by atoms with van der Waals surface area (Å²) < 4.78 is 65.4. The van der Waals surface area contributed by atoms with Crippen LogP contribution in [0.15, 0.2) is 93.3 Å². The lowest BCUT2D eigenvalue weighted by molar-refractivity contribution is -0.133. The lowest BCUT2D eigenvalue weighted by Gasteiger charge is -2.29. The molecule has 0 spiro atoms. The molecule has 1 aliphatic heterocycles. The fraction of sp³-hybridized carbons (Fsp3) is 0.375. The van der Waals surface area contributed by atoms with Gasteiger partial charge in [-0.15, -0.1) is 0 Å². The third kappa shape index (κ3) is 10.0. The van der Waals surface area contributed by atoms with E-state index in [1.54, 1.807) is 28.4 Å². The number of hydrogen-bond donors (Lipinski definition) is 0. The SMILES string of the molecule is COc1cc(-c2cc(OC)cc(C(C)(C)C)c2Op2oc3c(C(C)(C)C)cc(OC)cc3c3cc(OC)cc(C(C)(C)C)c3o2)c(OP2OC(=O)Cc3cc4ccccc4cc3O2)c(C(C)(C)C)c1. The van der Waals surface area contributed by atoms with E-state index in [4.69, 9.17) is 45.4 Å². The van der Waals surface area contributed by atoms with Crippen LogP contribution in [0.25, 0.3) is 43.8 Å². The molecule has 13 heteroatoms. The summed E-state index contributed by atoms with van der Waals surface area (Å²) in [4.78, 5) is 13.6. The molecule has 0 bridgehead atoms. The number of fused-ring (bicyclic) bond motifs is 5. The van der Waals surface area contributed by atoms with Gasteiger partial charge in [0.05, 0.1) is 34.9 Å². The topological polar surface area (TPSA) is 117 Å². The van der Waals surface area contributed by atoms with Crippen LogP contribution < -0.4 is 32.5 Å². The third-order valence-corrected chi connectivity index (χ3v) is 14.3. The van der Waals surface area contributed by atoms with Crippen LogP contribution in [0.5, 0.6) is 40.2 Å². The molecule has 1 atom stereocenters. The van der Waals surface area contributed by atoms with Gasteiger partial charge in [-0.05, 0) is 93.1 Å². The van der Waals surface area contributed by atoms with Gasteiger partial charge in [-0.3, -0.25) is 4.79 Å². The molecule has 1 aromatic heterocycles. The number of hydrogen-bond acceptors (Lipinski definition) is 11. The first kappa shape index (κ1) is 49.4. The Hall–Kier alpha value is -6.02. The largest absolute Gasteiger partial charge is 0.532 e. The first-order chi connectivity index (χ1) is 32.4. The minimum Gasteiger partial charge on any atom is -0.497 e. The second kappa shape index (κ2) is 18.4. The molecule has 364 valence electrons. The second-order valence-electron chi connectivity index (χ2n) is 21.6. The first-order valence-corrected chi connectivity index (χ1v) is 25.2. The molecule has 0 N–H and O–H groups in total. The fourth-order valence-corrected chi connectivity index (χ4v) is 10.7. The maximum Gasteiger partial charge on any atom is 0.532 e. The van der Waals surface area contributed by atoms with Crippen LogP contribution in [0.4, 0.5) is 0 Å². The smallest absolute Gasteiger partial charge is 0.497 e. The van der Waals surface area contributed by atoms with E-state index in [2.05, 4.69) is 83.1 Å². The molecular weight excluding hydrogens is 911 g/mol. The number of benzene rings is 6. The second-order valence-corrected chi connectivity index (χ2v) is 23.5. The minimum absolute atomic E-state index is 0.0238. The van der Waals surface area contributed by atoms with E-state index in [-0.39, 0.29) is 6.42 Å². The summed E-state index contributed by atoms with van der Waals surface area (Å²) in [5.74, 6) is 3.44. The summed E-state index contributed by atoms with van der Waals surface area (Å²) in [6.45, 7) is 25.5. The van der Waals surface area contributed by atoms with Crippen molar-refractivity contribution in [3.63, 3.8) is 0 Å². The summed E-state index contributed by atoms with van der Waals surface area (Å²) in [6, 6.07) is 27.6. The van der Waals surface area contributed by atoms with E-state index in [1.165, 1.54) is 0 Å². The first-order valence-electron chi connectivity index (χ1n) is 23.0. The van der Waals surface area contributed by atoms with Gasteiger partial charge in [-0.1, -0.05) is 107 Å². The number of carbonyl (C=O) groups is 1. The van der Waals surface area contributed by atoms with Gasteiger partial charge in [0.2, 0.25) is 0 Å². The van der Waals surface area contributed by atoms with Crippen molar-refractivity contribution in [3.8, 4) is 51.4 Å². The number of carbonyl (C=O) groups excluding carboxylic acids is 1. The van der Waals surface area contributed by atoms with Gasteiger partial charge in [-0.25, -0.2) is 0 Å². The van der Waals surface area contributed by atoms with E-state index in [1.807, 2.05) is 84.9 Å². The molecule has 1 unspecified atom stereocenters. The molecule has 6 aromatic carbocycles. The van der Waals surface area contributed by atoms with E-state index >= 15 is 0 Å². The van der Waals surface area contributed by atoms with Crippen molar-refractivity contribution in [3.05, 3.63) is 113 Å². The summed E-state index contributed by atoms with van der Waals surface area (Å²) in [6.07, 6.45) is 0.0238.